The topological polar surface area (TPSA) is 38.9 Å². The van der Waals surface area contributed by atoms with Gasteiger partial charge in [0.25, 0.3) is 0 Å². The zero-order valence-electron chi connectivity index (χ0n) is 11.7. The number of rotatable bonds is 2. The Morgan fingerprint density at radius 1 is 1.32 bits per heavy atom. The van der Waals surface area contributed by atoms with E-state index in [1.807, 2.05) is 13.0 Å². The van der Waals surface area contributed by atoms with Crippen molar-refractivity contribution in [3.8, 4) is 10.6 Å². The molecule has 0 saturated carbocycles. The summed E-state index contributed by atoms with van der Waals surface area (Å²) in [5, 5.41) is 0.711. The summed E-state index contributed by atoms with van der Waals surface area (Å²) in [4.78, 5) is 5.64. The number of aromatic nitrogens is 1. The number of aryl methyl sites for hydroxylation is 1. The van der Waals surface area contributed by atoms with Gasteiger partial charge in [-0.3, -0.25) is 0 Å². The van der Waals surface area contributed by atoms with Crippen molar-refractivity contribution in [2.75, 3.05) is 0 Å². The van der Waals surface area contributed by atoms with Gasteiger partial charge in [0.15, 0.2) is 0 Å². The zero-order chi connectivity index (χ0) is 14.2. The minimum Gasteiger partial charge on any atom is -0.326 e. The first kappa shape index (κ1) is 14.2. The van der Waals surface area contributed by atoms with Crippen molar-refractivity contribution < 1.29 is 4.39 Å². The molecule has 0 unspecified atom stereocenters. The van der Waals surface area contributed by atoms with Crippen LogP contribution in [0.25, 0.3) is 10.6 Å². The number of halogens is 1. The van der Waals surface area contributed by atoms with Gasteiger partial charge in [0.1, 0.15) is 10.8 Å². The maximum atomic E-state index is 14.0. The van der Waals surface area contributed by atoms with E-state index >= 15 is 0 Å². The molecule has 0 aliphatic rings. The van der Waals surface area contributed by atoms with Crippen LogP contribution in [0.3, 0.4) is 0 Å². The summed E-state index contributed by atoms with van der Waals surface area (Å²) in [5.41, 5.74) is 8.13. The average Bonchev–Trinajstić information content (AvgIpc) is 2.72. The van der Waals surface area contributed by atoms with Gasteiger partial charge in [-0.2, -0.15) is 0 Å². The number of thiazole rings is 1. The second-order valence-electron chi connectivity index (χ2n) is 5.73. The SMILES string of the molecule is Cc1ccc(-c2nc(C(C)(C)C)c(CN)s2)c(F)c1. The first-order chi connectivity index (χ1) is 8.82. The molecule has 0 saturated heterocycles. The molecular formula is C15H19FN2S. The fourth-order valence-electron chi connectivity index (χ4n) is 1.98. The van der Waals surface area contributed by atoms with E-state index < -0.39 is 0 Å². The highest BCUT2D eigenvalue weighted by atomic mass is 32.1. The van der Waals surface area contributed by atoms with E-state index in [4.69, 9.17) is 5.73 Å². The third kappa shape index (κ3) is 2.85. The first-order valence-electron chi connectivity index (χ1n) is 6.29. The lowest BCUT2D eigenvalue weighted by atomic mass is 9.91. The number of hydrogen-bond acceptors (Lipinski definition) is 3. The van der Waals surface area contributed by atoms with E-state index in [9.17, 15) is 4.39 Å². The summed E-state index contributed by atoms with van der Waals surface area (Å²) in [6, 6.07) is 5.23. The molecule has 1 heterocycles. The molecule has 19 heavy (non-hydrogen) atoms. The van der Waals surface area contributed by atoms with E-state index in [0.717, 1.165) is 16.1 Å². The molecule has 0 aliphatic heterocycles. The Kier molecular flexibility index (Phi) is 3.74. The zero-order valence-corrected chi connectivity index (χ0v) is 12.6. The lowest BCUT2D eigenvalue weighted by molar-refractivity contribution is 0.566. The van der Waals surface area contributed by atoms with Gasteiger partial charge >= 0.3 is 0 Å². The molecule has 0 atom stereocenters. The second kappa shape index (κ2) is 5.02. The Balaban J connectivity index is 2.55. The predicted molar refractivity (Wildman–Crippen MR) is 78.8 cm³/mol. The molecule has 2 aromatic rings. The van der Waals surface area contributed by atoms with Crippen molar-refractivity contribution in [3.05, 3.63) is 40.2 Å². The Hall–Kier alpha value is -1.26. The molecule has 0 amide bonds. The lowest BCUT2D eigenvalue weighted by Crippen LogP contribution is -2.15. The Bertz CT molecular complexity index is 597. The van der Waals surface area contributed by atoms with Crippen LogP contribution in [-0.4, -0.2) is 4.98 Å². The third-order valence-electron chi connectivity index (χ3n) is 2.95. The van der Waals surface area contributed by atoms with E-state index in [1.165, 1.54) is 17.4 Å². The molecule has 2 rings (SSSR count). The normalized spacial score (nSPS) is 11.9. The third-order valence-corrected chi connectivity index (χ3v) is 4.06. The highest BCUT2D eigenvalue weighted by molar-refractivity contribution is 7.15. The number of nitrogens with two attached hydrogens (primary N) is 1. The van der Waals surface area contributed by atoms with Crippen molar-refractivity contribution in [1.29, 1.82) is 0 Å². The molecule has 0 spiro atoms. The van der Waals surface area contributed by atoms with Gasteiger partial charge in [-0.15, -0.1) is 11.3 Å². The molecule has 102 valence electrons. The molecule has 1 aromatic heterocycles. The van der Waals surface area contributed by atoms with Crippen LogP contribution in [0.1, 0.15) is 36.9 Å². The summed E-state index contributed by atoms with van der Waals surface area (Å²) >= 11 is 1.48. The van der Waals surface area contributed by atoms with Crippen LogP contribution >= 0.6 is 11.3 Å². The summed E-state index contributed by atoms with van der Waals surface area (Å²) < 4.78 is 14.0. The van der Waals surface area contributed by atoms with Gasteiger partial charge in [0.2, 0.25) is 0 Å². The van der Waals surface area contributed by atoms with Crippen molar-refractivity contribution in [1.82, 2.24) is 4.98 Å². The Morgan fingerprint density at radius 2 is 2.00 bits per heavy atom. The standard InChI is InChI=1S/C15H19FN2S/c1-9-5-6-10(11(16)7-9)14-18-13(15(2,3)4)12(8-17)19-14/h5-7H,8,17H2,1-4H3. The minimum atomic E-state index is -0.224. The molecule has 0 fully saturated rings. The fourth-order valence-corrected chi connectivity index (χ4v) is 3.16. The van der Waals surface area contributed by atoms with Crippen molar-refractivity contribution in [3.63, 3.8) is 0 Å². The summed E-state index contributed by atoms with van der Waals surface area (Å²) in [6.07, 6.45) is 0. The smallest absolute Gasteiger partial charge is 0.133 e. The van der Waals surface area contributed by atoms with Gasteiger partial charge in [-0.1, -0.05) is 26.8 Å². The molecule has 0 radical (unpaired) electrons. The lowest BCUT2D eigenvalue weighted by Gasteiger charge is -2.16. The molecule has 4 heteroatoms. The van der Waals surface area contributed by atoms with Gasteiger partial charge < -0.3 is 5.73 Å². The van der Waals surface area contributed by atoms with Crippen molar-refractivity contribution >= 4 is 11.3 Å². The molecular weight excluding hydrogens is 259 g/mol. The Labute approximate surface area is 117 Å². The number of nitrogens with zero attached hydrogens (tertiary/aromatic N) is 1. The highest BCUT2D eigenvalue weighted by Gasteiger charge is 2.23. The molecule has 2 nitrogen and oxygen atoms in total. The van der Waals surface area contributed by atoms with Gasteiger partial charge in [-0.05, 0) is 24.6 Å². The summed E-state index contributed by atoms with van der Waals surface area (Å²) in [6.45, 7) is 8.60. The van der Waals surface area contributed by atoms with Gasteiger partial charge in [0, 0.05) is 22.4 Å². The second-order valence-corrected chi connectivity index (χ2v) is 6.81. The van der Waals surface area contributed by atoms with E-state index in [1.54, 1.807) is 6.07 Å². The van der Waals surface area contributed by atoms with E-state index in [-0.39, 0.29) is 11.2 Å². The van der Waals surface area contributed by atoms with E-state index in [2.05, 4.69) is 25.8 Å². The number of hydrogen-bond donors (Lipinski definition) is 1. The fraction of sp³-hybridized carbons (Fsp3) is 0.400. The molecule has 2 N–H and O–H groups in total. The van der Waals surface area contributed by atoms with Crippen LogP contribution < -0.4 is 5.73 Å². The molecule has 0 bridgehead atoms. The molecule has 0 aliphatic carbocycles. The van der Waals surface area contributed by atoms with Crippen LogP contribution in [0.2, 0.25) is 0 Å². The predicted octanol–water partition coefficient (Wildman–Crippen LogP) is 4.01. The highest BCUT2D eigenvalue weighted by Crippen LogP contribution is 2.35. The van der Waals surface area contributed by atoms with Crippen LogP contribution in [0.4, 0.5) is 4.39 Å². The van der Waals surface area contributed by atoms with Gasteiger partial charge in [0.05, 0.1) is 5.69 Å². The van der Waals surface area contributed by atoms with Crippen LogP contribution in [-0.2, 0) is 12.0 Å². The Morgan fingerprint density at radius 3 is 2.47 bits per heavy atom. The van der Waals surface area contributed by atoms with Crippen molar-refractivity contribution in [2.45, 2.75) is 39.7 Å². The van der Waals surface area contributed by atoms with Crippen LogP contribution in [0, 0.1) is 12.7 Å². The van der Waals surface area contributed by atoms with Crippen molar-refractivity contribution in [2.24, 2.45) is 5.73 Å². The maximum Gasteiger partial charge on any atom is 0.133 e. The monoisotopic (exact) mass is 278 g/mol. The van der Waals surface area contributed by atoms with E-state index in [0.29, 0.717) is 17.1 Å². The molecule has 1 aromatic carbocycles. The van der Waals surface area contributed by atoms with Crippen LogP contribution in [0.15, 0.2) is 18.2 Å². The number of benzene rings is 1. The minimum absolute atomic E-state index is 0.0787. The largest absolute Gasteiger partial charge is 0.326 e. The quantitative estimate of drug-likeness (QED) is 0.901. The first-order valence-corrected chi connectivity index (χ1v) is 7.11. The van der Waals surface area contributed by atoms with Crippen LogP contribution in [0.5, 0.6) is 0 Å². The average molecular weight is 278 g/mol. The van der Waals surface area contributed by atoms with Gasteiger partial charge in [-0.25, -0.2) is 9.37 Å². The summed E-state index contributed by atoms with van der Waals surface area (Å²) in [7, 11) is 0. The maximum absolute atomic E-state index is 14.0. The summed E-state index contributed by atoms with van der Waals surface area (Å²) in [5.74, 6) is -0.224.